The van der Waals surface area contributed by atoms with Gasteiger partial charge in [-0.15, -0.1) is 0 Å². The van der Waals surface area contributed by atoms with Gasteiger partial charge in [-0.25, -0.2) is 8.42 Å². The van der Waals surface area contributed by atoms with E-state index in [4.69, 9.17) is 4.74 Å². The van der Waals surface area contributed by atoms with Gasteiger partial charge in [0.15, 0.2) is 9.84 Å². The van der Waals surface area contributed by atoms with Gasteiger partial charge in [0.2, 0.25) is 0 Å². The van der Waals surface area contributed by atoms with Gasteiger partial charge in [-0.2, -0.15) is 0 Å². The highest BCUT2D eigenvalue weighted by atomic mass is 32.2. The smallest absolute Gasteiger partial charge is 0.305 e. The molecule has 0 aromatic heterocycles. The fourth-order valence-corrected chi connectivity index (χ4v) is 3.38. The molecule has 0 radical (unpaired) electrons. The fraction of sp³-hybridized carbons (Fsp3) is 0.562. The van der Waals surface area contributed by atoms with Gasteiger partial charge in [0.05, 0.1) is 17.3 Å². The lowest BCUT2D eigenvalue weighted by Gasteiger charge is -2.05. The number of esters is 1. The van der Waals surface area contributed by atoms with Crippen LogP contribution < -0.4 is 0 Å². The van der Waals surface area contributed by atoms with Gasteiger partial charge in [-0.3, -0.25) is 4.79 Å². The normalized spacial score (nSPS) is 11.3. The van der Waals surface area contributed by atoms with Crippen molar-refractivity contribution in [3.63, 3.8) is 0 Å². The molecular formula is C16H24O4S. The van der Waals surface area contributed by atoms with Crippen molar-refractivity contribution >= 4 is 15.8 Å². The third-order valence-corrected chi connectivity index (χ3v) is 5.05. The fourth-order valence-electron chi connectivity index (χ4n) is 2.01. The average molecular weight is 312 g/mol. The van der Waals surface area contributed by atoms with Crippen LogP contribution >= 0.6 is 0 Å². The van der Waals surface area contributed by atoms with Crippen molar-refractivity contribution in [2.75, 3.05) is 12.4 Å². The van der Waals surface area contributed by atoms with Crippen molar-refractivity contribution in [3.05, 3.63) is 29.8 Å². The van der Waals surface area contributed by atoms with E-state index in [0.29, 0.717) is 24.3 Å². The molecule has 21 heavy (non-hydrogen) atoms. The summed E-state index contributed by atoms with van der Waals surface area (Å²) in [5.41, 5.74) is 1.05. The summed E-state index contributed by atoms with van der Waals surface area (Å²) < 4.78 is 29.0. The van der Waals surface area contributed by atoms with Crippen molar-refractivity contribution in [2.45, 2.75) is 50.8 Å². The van der Waals surface area contributed by atoms with Crippen LogP contribution in [-0.2, 0) is 19.4 Å². The first-order valence-corrected chi connectivity index (χ1v) is 9.06. The van der Waals surface area contributed by atoms with Crippen LogP contribution in [0.15, 0.2) is 29.2 Å². The van der Waals surface area contributed by atoms with Gasteiger partial charge in [-0.05, 0) is 38.8 Å². The Labute approximate surface area is 127 Å². The Balaban J connectivity index is 2.25. The van der Waals surface area contributed by atoms with E-state index < -0.39 is 9.84 Å². The molecule has 5 heteroatoms. The van der Waals surface area contributed by atoms with Gasteiger partial charge < -0.3 is 4.74 Å². The maximum atomic E-state index is 12.1. The van der Waals surface area contributed by atoms with Gasteiger partial charge in [0, 0.05) is 6.42 Å². The van der Waals surface area contributed by atoms with E-state index in [0.717, 1.165) is 24.8 Å². The number of carbonyl (C=O) groups is 1. The van der Waals surface area contributed by atoms with E-state index in [-0.39, 0.29) is 11.7 Å². The first kappa shape index (κ1) is 17.7. The molecule has 1 rings (SSSR count). The monoisotopic (exact) mass is 312 g/mol. The molecule has 0 unspecified atom stereocenters. The predicted molar refractivity (Wildman–Crippen MR) is 82.9 cm³/mol. The lowest BCUT2D eigenvalue weighted by Crippen LogP contribution is -2.07. The molecule has 0 atom stereocenters. The van der Waals surface area contributed by atoms with E-state index in [2.05, 4.69) is 0 Å². The first-order chi connectivity index (χ1) is 9.95. The quantitative estimate of drug-likeness (QED) is 0.518. The SMILES string of the molecule is CCOC(=O)CCCCCCS(=O)(=O)c1ccc(C)cc1. The highest BCUT2D eigenvalue weighted by Gasteiger charge is 2.13. The van der Waals surface area contributed by atoms with Crippen LogP contribution in [0, 0.1) is 6.92 Å². The maximum Gasteiger partial charge on any atom is 0.305 e. The molecule has 4 nitrogen and oxygen atoms in total. The van der Waals surface area contributed by atoms with Crippen LogP contribution in [0.5, 0.6) is 0 Å². The maximum absolute atomic E-state index is 12.1. The van der Waals surface area contributed by atoms with Crippen molar-refractivity contribution in [3.8, 4) is 0 Å². The number of carbonyl (C=O) groups excluding carboxylic acids is 1. The Kier molecular flexibility index (Phi) is 7.43. The third kappa shape index (κ3) is 6.76. The van der Waals surface area contributed by atoms with E-state index >= 15 is 0 Å². The van der Waals surface area contributed by atoms with E-state index in [9.17, 15) is 13.2 Å². The molecule has 0 fully saturated rings. The number of sulfone groups is 1. The Morgan fingerprint density at radius 3 is 2.29 bits per heavy atom. The molecule has 0 amide bonds. The minimum Gasteiger partial charge on any atom is -0.466 e. The summed E-state index contributed by atoms with van der Waals surface area (Å²) in [6.07, 6.45) is 3.45. The molecule has 0 saturated heterocycles. The molecule has 1 aromatic rings. The molecule has 0 spiro atoms. The second kappa shape index (κ2) is 8.82. The summed E-state index contributed by atoms with van der Waals surface area (Å²) in [6, 6.07) is 6.94. The molecule has 0 N–H and O–H groups in total. The highest BCUT2D eigenvalue weighted by Crippen LogP contribution is 2.14. The molecular weight excluding hydrogens is 288 g/mol. The van der Waals surface area contributed by atoms with Crippen LogP contribution in [0.3, 0.4) is 0 Å². The van der Waals surface area contributed by atoms with Crippen LogP contribution in [0.4, 0.5) is 0 Å². The number of aryl methyl sites for hydroxylation is 1. The van der Waals surface area contributed by atoms with Crippen LogP contribution in [0.2, 0.25) is 0 Å². The molecule has 0 aliphatic rings. The molecule has 1 aromatic carbocycles. The largest absolute Gasteiger partial charge is 0.466 e. The first-order valence-electron chi connectivity index (χ1n) is 7.41. The van der Waals surface area contributed by atoms with Crippen molar-refractivity contribution in [1.82, 2.24) is 0 Å². The summed E-state index contributed by atoms with van der Waals surface area (Å²) in [4.78, 5) is 11.5. The standard InChI is InChI=1S/C16H24O4S/c1-3-20-16(17)8-6-4-5-7-13-21(18,19)15-11-9-14(2)10-12-15/h9-12H,3-8,13H2,1-2H3. The number of unbranched alkanes of at least 4 members (excludes halogenated alkanes) is 3. The molecule has 0 aliphatic carbocycles. The van der Waals surface area contributed by atoms with Crippen LogP contribution in [-0.4, -0.2) is 26.7 Å². The molecule has 0 saturated carbocycles. The zero-order valence-corrected chi connectivity index (χ0v) is 13.6. The summed E-state index contributed by atoms with van der Waals surface area (Å²) in [5.74, 6) is -0.0140. The number of hydrogen-bond donors (Lipinski definition) is 0. The van der Waals surface area contributed by atoms with Crippen molar-refractivity contribution in [1.29, 1.82) is 0 Å². The zero-order valence-electron chi connectivity index (χ0n) is 12.8. The Morgan fingerprint density at radius 1 is 1.05 bits per heavy atom. The summed E-state index contributed by atoms with van der Waals surface area (Å²) in [5, 5.41) is 0. The minimum atomic E-state index is -3.18. The van der Waals surface area contributed by atoms with Crippen molar-refractivity contribution < 1.29 is 17.9 Å². The lowest BCUT2D eigenvalue weighted by molar-refractivity contribution is -0.143. The van der Waals surface area contributed by atoms with E-state index in [1.807, 2.05) is 19.1 Å². The lowest BCUT2D eigenvalue weighted by atomic mass is 10.1. The number of hydrogen-bond acceptors (Lipinski definition) is 4. The summed E-state index contributed by atoms with van der Waals surface area (Å²) in [6.45, 7) is 4.13. The van der Waals surface area contributed by atoms with E-state index in [1.165, 1.54) is 0 Å². The van der Waals surface area contributed by atoms with Crippen molar-refractivity contribution in [2.24, 2.45) is 0 Å². The van der Waals surface area contributed by atoms with Gasteiger partial charge in [0.1, 0.15) is 0 Å². The Morgan fingerprint density at radius 2 is 1.67 bits per heavy atom. The van der Waals surface area contributed by atoms with E-state index in [1.54, 1.807) is 19.1 Å². The molecule has 0 aliphatic heterocycles. The Hall–Kier alpha value is -1.36. The minimum absolute atomic E-state index is 0.162. The van der Waals surface area contributed by atoms with Crippen LogP contribution in [0.25, 0.3) is 0 Å². The topological polar surface area (TPSA) is 60.4 Å². The van der Waals surface area contributed by atoms with Gasteiger partial charge in [0.25, 0.3) is 0 Å². The highest BCUT2D eigenvalue weighted by molar-refractivity contribution is 7.91. The van der Waals surface area contributed by atoms with Crippen LogP contribution in [0.1, 0.15) is 44.6 Å². The number of ether oxygens (including phenoxy) is 1. The number of rotatable bonds is 9. The van der Waals surface area contributed by atoms with Gasteiger partial charge in [-0.1, -0.05) is 30.5 Å². The predicted octanol–water partition coefficient (Wildman–Crippen LogP) is 3.28. The Bertz CT molecular complexity index is 532. The second-order valence-electron chi connectivity index (χ2n) is 5.10. The number of benzene rings is 1. The summed E-state index contributed by atoms with van der Waals surface area (Å²) in [7, 11) is -3.18. The van der Waals surface area contributed by atoms with Gasteiger partial charge >= 0.3 is 5.97 Å². The summed E-state index contributed by atoms with van der Waals surface area (Å²) >= 11 is 0. The zero-order chi connectivity index (χ0) is 15.7. The second-order valence-corrected chi connectivity index (χ2v) is 7.21. The molecule has 0 bridgehead atoms. The molecule has 118 valence electrons. The molecule has 0 heterocycles. The average Bonchev–Trinajstić information content (AvgIpc) is 2.43. The third-order valence-electron chi connectivity index (χ3n) is 3.23.